The van der Waals surface area contributed by atoms with E-state index in [1.54, 1.807) is 18.2 Å². The van der Waals surface area contributed by atoms with Gasteiger partial charge in [0.25, 0.3) is 11.8 Å². The van der Waals surface area contributed by atoms with Crippen molar-refractivity contribution in [2.75, 3.05) is 18.1 Å². The number of nitrogens with one attached hydrogen (secondary N) is 1. The lowest BCUT2D eigenvalue weighted by molar-refractivity contribution is -0.117. The monoisotopic (exact) mass is 260 g/mol. The van der Waals surface area contributed by atoms with Crippen LogP contribution in [0.2, 0.25) is 0 Å². The minimum absolute atomic E-state index is 0.0356. The number of anilines is 1. The normalized spacial score (nSPS) is 21.8. The van der Waals surface area contributed by atoms with Crippen LogP contribution in [-0.2, 0) is 4.79 Å². The van der Waals surface area contributed by atoms with Crippen LogP contribution in [0.3, 0.4) is 0 Å². The van der Waals surface area contributed by atoms with E-state index in [1.807, 2.05) is 0 Å². The van der Waals surface area contributed by atoms with Crippen molar-refractivity contribution in [3.05, 3.63) is 29.3 Å². The molecule has 19 heavy (non-hydrogen) atoms. The number of imide groups is 1. The fraction of sp³-hybridized carbons (Fsp3) is 0.308. The summed E-state index contributed by atoms with van der Waals surface area (Å²) in [5.41, 5.74) is 1.21. The molecule has 2 aliphatic rings. The summed E-state index contributed by atoms with van der Waals surface area (Å²) in [6.07, 6.45) is 0.304. The van der Waals surface area contributed by atoms with E-state index in [4.69, 9.17) is 5.11 Å². The topological polar surface area (TPSA) is 86.7 Å². The maximum Gasteiger partial charge on any atom is 0.259 e. The van der Waals surface area contributed by atoms with Crippen molar-refractivity contribution in [1.29, 1.82) is 0 Å². The zero-order valence-corrected chi connectivity index (χ0v) is 10.0. The van der Waals surface area contributed by atoms with Crippen molar-refractivity contribution in [3.8, 4) is 0 Å². The van der Waals surface area contributed by atoms with E-state index in [0.29, 0.717) is 29.8 Å². The number of nitrogens with zero attached hydrogens (tertiary/aromatic N) is 1. The fourth-order valence-corrected chi connectivity index (χ4v) is 2.48. The number of aliphatic hydroxyl groups is 1. The molecule has 2 aliphatic heterocycles. The molecular weight excluding hydrogens is 248 g/mol. The molecule has 3 rings (SSSR count). The van der Waals surface area contributed by atoms with Gasteiger partial charge < -0.3 is 10.0 Å². The first-order chi connectivity index (χ1) is 9.10. The number of benzene rings is 1. The molecule has 3 amide bonds. The lowest BCUT2D eigenvalue weighted by Crippen LogP contribution is -2.25. The van der Waals surface area contributed by atoms with E-state index in [9.17, 15) is 14.4 Å². The molecule has 1 aromatic rings. The maximum atomic E-state index is 11.8. The smallest absolute Gasteiger partial charge is 0.259 e. The van der Waals surface area contributed by atoms with Crippen LogP contribution in [0.5, 0.6) is 0 Å². The molecule has 1 aromatic carbocycles. The molecule has 0 radical (unpaired) electrons. The van der Waals surface area contributed by atoms with E-state index >= 15 is 0 Å². The SMILES string of the molecule is O=C1NC(=O)c2cc(N3CC(CO)CC3=O)ccc21. The molecule has 0 aromatic heterocycles. The highest BCUT2D eigenvalue weighted by Gasteiger charge is 2.32. The number of hydrogen-bond acceptors (Lipinski definition) is 4. The summed E-state index contributed by atoms with van der Waals surface area (Å²) >= 11 is 0. The molecule has 98 valence electrons. The second-order valence-electron chi connectivity index (χ2n) is 4.77. The van der Waals surface area contributed by atoms with Gasteiger partial charge in [-0.05, 0) is 18.2 Å². The Balaban J connectivity index is 1.96. The molecule has 6 nitrogen and oxygen atoms in total. The summed E-state index contributed by atoms with van der Waals surface area (Å²) < 4.78 is 0. The summed E-state index contributed by atoms with van der Waals surface area (Å²) in [7, 11) is 0. The molecule has 2 heterocycles. The number of aliphatic hydroxyl groups excluding tert-OH is 1. The first-order valence-corrected chi connectivity index (χ1v) is 6.01. The number of fused-ring (bicyclic) bond motifs is 1. The van der Waals surface area contributed by atoms with Crippen molar-refractivity contribution in [2.45, 2.75) is 6.42 Å². The number of carbonyl (C=O) groups is 3. The van der Waals surface area contributed by atoms with Crippen molar-refractivity contribution in [2.24, 2.45) is 5.92 Å². The van der Waals surface area contributed by atoms with Gasteiger partial charge in [0, 0.05) is 31.2 Å². The molecule has 2 N–H and O–H groups in total. The molecule has 0 saturated carbocycles. The molecule has 6 heteroatoms. The number of carbonyl (C=O) groups excluding carboxylic acids is 3. The van der Waals surface area contributed by atoms with E-state index in [1.165, 1.54) is 4.90 Å². The zero-order valence-electron chi connectivity index (χ0n) is 10.0. The highest BCUT2D eigenvalue weighted by Crippen LogP contribution is 2.28. The van der Waals surface area contributed by atoms with Gasteiger partial charge >= 0.3 is 0 Å². The van der Waals surface area contributed by atoms with Crippen molar-refractivity contribution in [1.82, 2.24) is 5.32 Å². The third-order valence-corrected chi connectivity index (χ3v) is 3.49. The molecule has 0 spiro atoms. The zero-order chi connectivity index (χ0) is 13.6. The number of amides is 3. The second kappa shape index (κ2) is 4.17. The van der Waals surface area contributed by atoms with Crippen LogP contribution in [0.25, 0.3) is 0 Å². The molecule has 1 fully saturated rings. The Morgan fingerprint density at radius 3 is 2.63 bits per heavy atom. The molecule has 0 aliphatic carbocycles. The van der Waals surface area contributed by atoms with Gasteiger partial charge in [0.1, 0.15) is 0 Å². The Hall–Kier alpha value is -2.21. The van der Waals surface area contributed by atoms with Crippen LogP contribution >= 0.6 is 0 Å². The summed E-state index contributed by atoms with van der Waals surface area (Å²) in [6.45, 7) is 0.399. The molecule has 1 atom stereocenters. The summed E-state index contributed by atoms with van der Waals surface area (Å²) in [5, 5.41) is 11.3. The fourth-order valence-electron chi connectivity index (χ4n) is 2.48. The Morgan fingerprint density at radius 1 is 1.21 bits per heavy atom. The summed E-state index contributed by atoms with van der Waals surface area (Å²) in [6, 6.07) is 4.74. The van der Waals surface area contributed by atoms with E-state index in [2.05, 4.69) is 5.32 Å². The summed E-state index contributed by atoms with van der Waals surface area (Å²) in [5.74, 6) is -1.00. The van der Waals surface area contributed by atoms with Crippen LogP contribution in [0, 0.1) is 5.92 Å². The minimum Gasteiger partial charge on any atom is -0.396 e. The van der Waals surface area contributed by atoms with E-state index in [-0.39, 0.29) is 18.4 Å². The predicted molar refractivity (Wildman–Crippen MR) is 65.8 cm³/mol. The van der Waals surface area contributed by atoms with Gasteiger partial charge in [-0.2, -0.15) is 0 Å². The van der Waals surface area contributed by atoms with Crippen molar-refractivity contribution in [3.63, 3.8) is 0 Å². The van der Waals surface area contributed by atoms with Gasteiger partial charge in [0.15, 0.2) is 0 Å². The number of hydrogen-bond donors (Lipinski definition) is 2. The van der Waals surface area contributed by atoms with Gasteiger partial charge in [-0.1, -0.05) is 0 Å². The van der Waals surface area contributed by atoms with Crippen LogP contribution in [-0.4, -0.2) is 36.0 Å². The average Bonchev–Trinajstić information content (AvgIpc) is 2.91. The lowest BCUT2D eigenvalue weighted by Gasteiger charge is -2.16. The maximum absolute atomic E-state index is 11.8. The van der Waals surface area contributed by atoms with Crippen LogP contribution in [0.1, 0.15) is 27.1 Å². The summed E-state index contributed by atoms with van der Waals surface area (Å²) in [4.78, 5) is 36.4. The Morgan fingerprint density at radius 2 is 1.95 bits per heavy atom. The van der Waals surface area contributed by atoms with Gasteiger partial charge in [0.05, 0.1) is 11.1 Å². The lowest BCUT2D eigenvalue weighted by atomic mass is 10.1. The van der Waals surface area contributed by atoms with Crippen molar-refractivity contribution < 1.29 is 19.5 Å². The van der Waals surface area contributed by atoms with E-state index < -0.39 is 11.8 Å². The van der Waals surface area contributed by atoms with Gasteiger partial charge in [-0.3, -0.25) is 19.7 Å². The van der Waals surface area contributed by atoms with Crippen LogP contribution < -0.4 is 10.2 Å². The molecule has 1 saturated heterocycles. The first-order valence-electron chi connectivity index (χ1n) is 6.01. The number of rotatable bonds is 2. The standard InChI is InChI=1S/C13H12N2O4/c16-6-7-3-11(17)15(5-7)8-1-2-9-10(4-8)13(19)14-12(9)18/h1-2,4,7,16H,3,5-6H2,(H,14,18,19). The first kappa shape index (κ1) is 11.9. The molecule has 1 unspecified atom stereocenters. The van der Waals surface area contributed by atoms with Gasteiger partial charge in [-0.25, -0.2) is 0 Å². The van der Waals surface area contributed by atoms with Gasteiger partial charge in [-0.15, -0.1) is 0 Å². The Labute approximate surface area is 109 Å². The molecular formula is C13H12N2O4. The van der Waals surface area contributed by atoms with Crippen LogP contribution in [0.15, 0.2) is 18.2 Å². The Kier molecular flexibility index (Phi) is 2.60. The van der Waals surface area contributed by atoms with Crippen LogP contribution in [0.4, 0.5) is 5.69 Å². The largest absolute Gasteiger partial charge is 0.396 e. The second-order valence-corrected chi connectivity index (χ2v) is 4.77. The quantitative estimate of drug-likeness (QED) is 0.728. The average molecular weight is 260 g/mol. The van der Waals surface area contributed by atoms with E-state index in [0.717, 1.165) is 0 Å². The predicted octanol–water partition coefficient (Wildman–Crippen LogP) is -0.0846. The Bertz CT molecular complexity index is 596. The van der Waals surface area contributed by atoms with Crippen molar-refractivity contribution >= 4 is 23.4 Å². The third kappa shape index (κ3) is 1.80. The molecule has 0 bridgehead atoms. The minimum atomic E-state index is -0.438. The third-order valence-electron chi connectivity index (χ3n) is 3.49. The highest BCUT2D eigenvalue weighted by atomic mass is 16.3. The highest BCUT2D eigenvalue weighted by molar-refractivity contribution is 6.22. The van der Waals surface area contributed by atoms with Gasteiger partial charge in [0.2, 0.25) is 5.91 Å².